The van der Waals surface area contributed by atoms with Gasteiger partial charge in [0.2, 0.25) is 5.91 Å². The molecule has 23 heavy (non-hydrogen) atoms. The van der Waals surface area contributed by atoms with Crippen molar-refractivity contribution in [2.24, 2.45) is 5.41 Å². The normalized spacial score (nSPS) is 16.7. The monoisotopic (exact) mass is 309 g/mol. The van der Waals surface area contributed by atoms with Gasteiger partial charge in [0.1, 0.15) is 0 Å². The summed E-state index contributed by atoms with van der Waals surface area (Å²) >= 11 is 0. The molecule has 0 spiro atoms. The number of carbonyl (C=O) groups is 1. The minimum absolute atomic E-state index is 0.0346. The van der Waals surface area contributed by atoms with Crippen LogP contribution in [0.15, 0.2) is 54.6 Å². The maximum atomic E-state index is 12.4. The highest BCUT2D eigenvalue weighted by atomic mass is 16.2. The minimum atomic E-state index is -0.273. The molecule has 3 rings (SSSR count). The highest BCUT2D eigenvalue weighted by Crippen LogP contribution is 2.38. The van der Waals surface area contributed by atoms with E-state index in [-0.39, 0.29) is 17.6 Å². The Balaban J connectivity index is 1.87. The lowest BCUT2D eigenvalue weighted by Gasteiger charge is -2.28. The maximum Gasteiger partial charge on any atom is 0.223 e. The van der Waals surface area contributed by atoms with Crippen molar-refractivity contribution in [2.75, 3.05) is 10.2 Å². The van der Waals surface area contributed by atoms with Crippen LogP contribution in [0.3, 0.4) is 0 Å². The van der Waals surface area contributed by atoms with Gasteiger partial charge in [-0.25, -0.2) is 0 Å². The van der Waals surface area contributed by atoms with Crippen molar-refractivity contribution in [1.82, 2.24) is 5.32 Å². The van der Waals surface area contributed by atoms with Crippen LogP contribution in [0.2, 0.25) is 0 Å². The quantitative estimate of drug-likeness (QED) is 0.897. The molecule has 1 aliphatic rings. The smallest absolute Gasteiger partial charge is 0.223 e. The van der Waals surface area contributed by atoms with Crippen LogP contribution in [0.25, 0.3) is 0 Å². The topological polar surface area (TPSA) is 44.4 Å². The Hall–Kier alpha value is -2.49. The molecule has 1 heterocycles. The van der Waals surface area contributed by atoms with Crippen molar-refractivity contribution in [3.05, 3.63) is 54.6 Å². The van der Waals surface area contributed by atoms with Crippen LogP contribution in [0.5, 0.6) is 0 Å². The van der Waals surface area contributed by atoms with Crippen LogP contribution in [0, 0.1) is 5.41 Å². The van der Waals surface area contributed by atoms with E-state index < -0.39 is 0 Å². The molecule has 4 heteroatoms. The predicted octanol–water partition coefficient (Wildman–Crippen LogP) is 4.09. The molecule has 0 bridgehead atoms. The summed E-state index contributed by atoms with van der Waals surface area (Å²) < 4.78 is 0. The van der Waals surface area contributed by atoms with Gasteiger partial charge in [-0.1, -0.05) is 51.1 Å². The van der Waals surface area contributed by atoms with E-state index in [2.05, 4.69) is 42.4 Å². The van der Waals surface area contributed by atoms with Gasteiger partial charge in [-0.05, 0) is 29.7 Å². The number of benzene rings is 2. The zero-order valence-corrected chi connectivity index (χ0v) is 13.8. The van der Waals surface area contributed by atoms with Crippen molar-refractivity contribution in [2.45, 2.75) is 33.5 Å². The molecule has 0 saturated heterocycles. The Morgan fingerprint density at radius 1 is 1.09 bits per heavy atom. The molecule has 0 aliphatic carbocycles. The number of para-hydroxylation sites is 3. The van der Waals surface area contributed by atoms with E-state index in [0.29, 0.717) is 6.42 Å². The third-order valence-corrected chi connectivity index (χ3v) is 3.74. The second-order valence-corrected chi connectivity index (χ2v) is 7.07. The molecule has 1 amide bonds. The molecular formula is C19H23N3O. The summed E-state index contributed by atoms with van der Waals surface area (Å²) in [6, 6.07) is 18.2. The zero-order valence-electron chi connectivity index (χ0n) is 13.8. The minimum Gasteiger partial charge on any atom is -0.346 e. The molecule has 1 unspecified atom stereocenters. The second-order valence-electron chi connectivity index (χ2n) is 7.07. The van der Waals surface area contributed by atoms with Gasteiger partial charge in [0.25, 0.3) is 0 Å². The molecule has 1 aliphatic heterocycles. The van der Waals surface area contributed by atoms with Crippen molar-refractivity contribution >= 4 is 23.0 Å². The van der Waals surface area contributed by atoms with E-state index in [0.717, 1.165) is 17.1 Å². The third kappa shape index (κ3) is 3.47. The molecule has 0 fully saturated rings. The lowest BCUT2D eigenvalue weighted by Crippen LogP contribution is -2.48. The SMILES string of the molecule is CC(C)(C)CC(=O)NC1Nc2ccccc2N1c1ccccc1. The summed E-state index contributed by atoms with van der Waals surface area (Å²) in [5.74, 6) is 0.0451. The van der Waals surface area contributed by atoms with E-state index in [1.165, 1.54) is 0 Å². The lowest BCUT2D eigenvalue weighted by atomic mass is 9.92. The molecule has 2 N–H and O–H groups in total. The number of fused-ring (bicyclic) bond motifs is 1. The van der Waals surface area contributed by atoms with Crippen LogP contribution < -0.4 is 15.5 Å². The van der Waals surface area contributed by atoms with Gasteiger partial charge in [-0.15, -0.1) is 0 Å². The number of hydrogen-bond donors (Lipinski definition) is 2. The van der Waals surface area contributed by atoms with E-state index in [1.807, 2.05) is 48.5 Å². The Morgan fingerprint density at radius 2 is 1.74 bits per heavy atom. The van der Waals surface area contributed by atoms with Gasteiger partial charge in [-0.3, -0.25) is 4.79 Å². The average molecular weight is 309 g/mol. The highest BCUT2D eigenvalue weighted by Gasteiger charge is 2.31. The maximum absolute atomic E-state index is 12.4. The Morgan fingerprint density at radius 3 is 2.43 bits per heavy atom. The zero-order chi connectivity index (χ0) is 16.4. The van der Waals surface area contributed by atoms with Gasteiger partial charge in [0.05, 0.1) is 11.4 Å². The van der Waals surface area contributed by atoms with Crippen LogP contribution in [-0.4, -0.2) is 12.2 Å². The average Bonchev–Trinajstić information content (AvgIpc) is 2.83. The summed E-state index contributed by atoms with van der Waals surface area (Å²) in [5.41, 5.74) is 3.11. The number of nitrogens with zero attached hydrogens (tertiary/aromatic N) is 1. The second kappa shape index (κ2) is 5.95. The van der Waals surface area contributed by atoms with Crippen molar-refractivity contribution < 1.29 is 4.79 Å². The summed E-state index contributed by atoms with van der Waals surface area (Å²) in [4.78, 5) is 14.5. The molecule has 0 radical (unpaired) electrons. The van der Waals surface area contributed by atoms with Crippen LogP contribution >= 0.6 is 0 Å². The molecular weight excluding hydrogens is 286 g/mol. The number of nitrogens with one attached hydrogen (secondary N) is 2. The first-order valence-electron chi connectivity index (χ1n) is 7.93. The van der Waals surface area contributed by atoms with Crippen LogP contribution in [-0.2, 0) is 4.79 Å². The fourth-order valence-corrected chi connectivity index (χ4v) is 2.82. The molecule has 4 nitrogen and oxygen atoms in total. The van der Waals surface area contributed by atoms with E-state index in [9.17, 15) is 4.79 Å². The van der Waals surface area contributed by atoms with Crippen LogP contribution in [0.4, 0.5) is 17.1 Å². The molecule has 120 valence electrons. The Bertz CT molecular complexity index is 691. The summed E-state index contributed by atoms with van der Waals surface area (Å²) in [7, 11) is 0. The van der Waals surface area contributed by atoms with Gasteiger partial charge in [-0.2, -0.15) is 0 Å². The van der Waals surface area contributed by atoms with E-state index >= 15 is 0 Å². The number of carbonyl (C=O) groups excluding carboxylic acids is 1. The fourth-order valence-electron chi connectivity index (χ4n) is 2.82. The Labute approximate surface area is 137 Å². The van der Waals surface area contributed by atoms with Crippen molar-refractivity contribution in [3.8, 4) is 0 Å². The molecule has 2 aromatic rings. The third-order valence-electron chi connectivity index (χ3n) is 3.74. The highest BCUT2D eigenvalue weighted by molar-refractivity contribution is 5.85. The summed E-state index contributed by atoms with van der Waals surface area (Å²) in [6.07, 6.45) is 0.217. The molecule has 1 atom stereocenters. The number of anilines is 3. The predicted molar refractivity (Wildman–Crippen MR) is 94.6 cm³/mol. The van der Waals surface area contributed by atoms with Gasteiger partial charge < -0.3 is 15.5 Å². The molecule has 2 aromatic carbocycles. The number of hydrogen-bond acceptors (Lipinski definition) is 3. The Kier molecular flexibility index (Phi) is 3.99. The molecule has 0 saturated carbocycles. The van der Waals surface area contributed by atoms with E-state index in [4.69, 9.17) is 0 Å². The largest absolute Gasteiger partial charge is 0.346 e. The first-order valence-corrected chi connectivity index (χ1v) is 7.93. The lowest BCUT2D eigenvalue weighted by molar-refractivity contribution is -0.123. The number of rotatable bonds is 3. The van der Waals surface area contributed by atoms with Crippen LogP contribution in [0.1, 0.15) is 27.2 Å². The standard InChI is InChI=1S/C19H23N3O/c1-19(2,3)13-17(23)21-18-20-15-11-7-8-12-16(15)22(18)14-9-5-4-6-10-14/h4-12,18,20H,13H2,1-3H3,(H,21,23). The van der Waals surface area contributed by atoms with Gasteiger partial charge in [0, 0.05) is 12.1 Å². The van der Waals surface area contributed by atoms with E-state index in [1.54, 1.807) is 0 Å². The van der Waals surface area contributed by atoms with Gasteiger partial charge >= 0.3 is 0 Å². The first kappa shape index (κ1) is 15.4. The molecule has 0 aromatic heterocycles. The summed E-state index contributed by atoms with van der Waals surface area (Å²) in [6.45, 7) is 6.20. The van der Waals surface area contributed by atoms with Crippen molar-refractivity contribution in [3.63, 3.8) is 0 Å². The number of amides is 1. The first-order chi connectivity index (χ1) is 10.9. The summed E-state index contributed by atoms with van der Waals surface area (Å²) in [5, 5.41) is 6.50. The van der Waals surface area contributed by atoms with Crippen molar-refractivity contribution in [1.29, 1.82) is 0 Å². The fraction of sp³-hybridized carbons (Fsp3) is 0.316. The van der Waals surface area contributed by atoms with Gasteiger partial charge in [0.15, 0.2) is 6.29 Å².